The Balaban J connectivity index is 1.61. The maximum atomic E-state index is 12.7. The Bertz CT molecular complexity index is 978. The van der Waals surface area contributed by atoms with Crippen LogP contribution in [0.3, 0.4) is 0 Å². The van der Waals surface area contributed by atoms with Crippen LogP contribution in [0, 0.1) is 11.3 Å². The second kappa shape index (κ2) is 8.52. The number of para-hydroxylation sites is 1. The first-order valence-electron chi connectivity index (χ1n) is 9.02. The van der Waals surface area contributed by atoms with Crippen molar-refractivity contribution in [3.8, 4) is 6.07 Å². The van der Waals surface area contributed by atoms with Gasteiger partial charge in [0.25, 0.3) is 0 Å². The summed E-state index contributed by atoms with van der Waals surface area (Å²) >= 11 is 0. The second-order valence-electron chi connectivity index (χ2n) is 6.58. The molecule has 1 N–H and O–H groups in total. The number of rotatable bonds is 5. The fraction of sp³-hybridized carbons (Fsp3) is 0.300. The first kappa shape index (κ1) is 20.0. The zero-order valence-electron chi connectivity index (χ0n) is 15.6. The van der Waals surface area contributed by atoms with Crippen molar-refractivity contribution < 1.29 is 13.2 Å². The van der Waals surface area contributed by atoms with E-state index in [4.69, 9.17) is 5.26 Å². The van der Waals surface area contributed by atoms with Crippen molar-refractivity contribution in [3.63, 3.8) is 0 Å². The summed E-state index contributed by atoms with van der Waals surface area (Å²) < 4.78 is 26.9. The molecule has 1 aliphatic heterocycles. The van der Waals surface area contributed by atoms with E-state index in [1.165, 1.54) is 4.31 Å². The summed E-state index contributed by atoms with van der Waals surface area (Å²) in [6.07, 6.45) is 0. The predicted octanol–water partition coefficient (Wildman–Crippen LogP) is 1.89. The number of piperazine rings is 1. The molecule has 2 aromatic carbocycles. The summed E-state index contributed by atoms with van der Waals surface area (Å²) in [6, 6.07) is 16.8. The highest BCUT2D eigenvalue weighted by Gasteiger charge is 2.31. The van der Waals surface area contributed by atoms with Gasteiger partial charge in [-0.05, 0) is 31.2 Å². The number of amides is 1. The third kappa shape index (κ3) is 4.22. The SMILES string of the molecule is C[C@@H](C(=O)Nc1ccccc1C#N)N1CCN(S(=O)(=O)c2ccccc2)CC1. The summed E-state index contributed by atoms with van der Waals surface area (Å²) in [5.74, 6) is -0.220. The van der Waals surface area contributed by atoms with Crippen molar-refractivity contribution in [2.45, 2.75) is 17.9 Å². The minimum Gasteiger partial charge on any atom is -0.324 e. The standard InChI is InChI=1S/C20H22N4O3S/c1-16(20(25)22-19-10-6-5-7-17(19)15-21)23-11-13-24(14-12-23)28(26,27)18-8-3-2-4-9-18/h2-10,16H,11-14H2,1H3,(H,22,25)/t16-/m0/s1. The van der Waals surface area contributed by atoms with Crippen LogP contribution in [-0.2, 0) is 14.8 Å². The zero-order valence-corrected chi connectivity index (χ0v) is 16.4. The minimum absolute atomic E-state index is 0.220. The average molecular weight is 398 g/mol. The zero-order chi connectivity index (χ0) is 20.1. The fourth-order valence-electron chi connectivity index (χ4n) is 3.17. The molecule has 3 rings (SSSR count). The molecule has 0 bridgehead atoms. The first-order valence-corrected chi connectivity index (χ1v) is 10.5. The molecule has 0 aromatic heterocycles. The van der Waals surface area contributed by atoms with Gasteiger partial charge in [-0.2, -0.15) is 9.57 Å². The van der Waals surface area contributed by atoms with Gasteiger partial charge in [-0.25, -0.2) is 8.42 Å². The van der Waals surface area contributed by atoms with E-state index < -0.39 is 16.1 Å². The van der Waals surface area contributed by atoms with Gasteiger partial charge in [-0.15, -0.1) is 0 Å². The van der Waals surface area contributed by atoms with Gasteiger partial charge in [0.1, 0.15) is 6.07 Å². The summed E-state index contributed by atoms with van der Waals surface area (Å²) in [5.41, 5.74) is 0.883. The molecule has 28 heavy (non-hydrogen) atoms. The van der Waals surface area contributed by atoms with Crippen LogP contribution in [0.15, 0.2) is 59.5 Å². The maximum Gasteiger partial charge on any atom is 0.243 e. The molecule has 2 aromatic rings. The molecule has 1 atom stereocenters. The third-order valence-electron chi connectivity index (χ3n) is 4.89. The van der Waals surface area contributed by atoms with Crippen molar-refractivity contribution in [3.05, 3.63) is 60.2 Å². The highest BCUT2D eigenvalue weighted by atomic mass is 32.2. The Morgan fingerprint density at radius 3 is 2.29 bits per heavy atom. The molecule has 146 valence electrons. The Labute approximate surface area is 165 Å². The largest absolute Gasteiger partial charge is 0.324 e. The number of nitriles is 1. The molecule has 1 aliphatic rings. The lowest BCUT2D eigenvalue weighted by molar-refractivity contribution is -0.121. The number of nitrogens with one attached hydrogen (secondary N) is 1. The van der Waals surface area contributed by atoms with Gasteiger partial charge in [0.15, 0.2) is 0 Å². The van der Waals surface area contributed by atoms with Crippen molar-refractivity contribution in [1.82, 2.24) is 9.21 Å². The number of sulfonamides is 1. The predicted molar refractivity (Wildman–Crippen MR) is 106 cm³/mol. The average Bonchev–Trinajstić information content (AvgIpc) is 2.74. The molecule has 8 heteroatoms. The lowest BCUT2D eigenvalue weighted by atomic mass is 10.1. The molecule has 0 radical (unpaired) electrons. The van der Waals surface area contributed by atoms with E-state index in [-0.39, 0.29) is 10.8 Å². The van der Waals surface area contributed by atoms with Crippen molar-refractivity contribution in [1.29, 1.82) is 5.26 Å². The molecule has 0 unspecified atom stereocenters. The Morgan fingerprint density at radius 2 is 1.64 bits per heavy atom. The van der Waals surface area contributed by atoms with Crippen molar-refractivity contribution in [2.75, 3.05) is 31.5 Å². The quantitative estimate of drug-likeness (QED) is 0.830. The lowest BCUT2D eigenvalue weighted by Gasteiger charge is -2.36. The van der Waals surface area contributed by atoms with E-state index in [0.29, 0.717) is 37.4 Å². The van der Waals surface area contributed by atoms with Gasteiger partial charge >= 0.3 is 0 Å². The number of hydrogen-bond donors (Lipinski definition) is 1. The van der Waals surface area contributed by atoms with Crippen LogP contribution in [0.4, 0.5) is 5.69 Å². The molecule has 1 fully saturated rings. The van der Waals surface area contributed by atoms with E-state index in [1.54, 1.807) is 61.5 Å². The molecular weight excluding hydrogens is 376 g/mol. The number of carbonyl (C=O) groups excluding carboxylic acids is 1. The topological polar surface area (TPSA) is 93.5 Å². The van der Waals surface area contributed by atoms with Crippen LogP contribution in [0.2, 0.25) is 0 Å². The van der Waals surface area contributed by atoms with Gasteiger partial charge in [-0.3, -0.25) is 9.69 Å². The Hall–Kier alpha value is -2.73. The molecule has 7 nitrogen and oxygen atoms in total. The normalized spacial score (nSPS) is 16.9. The number of carbonyl (C=O) groups is 1. The molecule has 0 aliphatic carbocycles. The molecule has 0 saturated carbocycles. The lowest BCUT2D eigenvalue weighted by Crippen LogP contribution is -2.53. The van der Waals surface area contributed by atoms with Crippen LogP contribution in [0.5, 0.6) is 0 Å². The Morgan fingerprint density at radius 1 is 1.04 bits per heavy atom. The summed E-state index contributed by atoms with van der Waals surface area (Å²) in [4.78, 5) is 14.8. The van der Waals surface area contributed by atoms with Crippen molar-refractivity contribution in [2.24, 2.45) is 0 Å². The summed E-state index contributed by atoms with van der Waals surface area (Å²) in [6.45, 7) is 3.35. The summed E-state index contributed by atoms with van der Waals surface area (Å²) in [5, 5.41) is 11.9. The van der Waals surface area contributed by atoms with E-state index in [0.717, 1.165) is 0 Å². The number of nitrogens with zero attached hydrogens (tertiary/aromatic N) is 3. The minimum atomic E-state index is -3.52. The summed E-state index contributed by atoms with van der Waals surface area (Å²) in [7, 11) is -3.52. The number of hydrogen-bond acceptors (Lipinski definition) is 5. The van der Waals surface area contributed by atoms with Gasteiger partial charge in [0.05, 0.1) is 22.2 Å². The van der Waals surface area contributed by atoms with Crippen molar-refractivity contribution >= 4 is 21.6 Å². The second-order valence-corrected chi connectivity index (χ2v) is 8.51. The smallest absolute Gasteiger partial charge is 0.243 e. The molecule has 1 heterocycles. The Kier molecular flexibility index (Phi) is 6.09. The van der Waals surface area contributed by atoms with Gasteiger partial charge in [0, 0.05) is 26.2 Å². The van der Waals surface area contributed by atoms with Crippen LogP contribution in [0.1, 0.15) is 12.5 Å². The molecule has 1 amide bonds. The van der Waals surface area contributed by atoms with E-state index in [2.05, 4.69) is 11.4 Å². The monoisotopic (exact) mass is 398 g/mol. The molecule has 1 saturated heterocycles. The molecule has 0 spiro atoms. The highest BCUT2D eigenvalue weighted by molar-refractivity contribution is 7.89. The van der Waals surface area contributed by atoms with Gasteiger partial charge in [-0.1, -0.05) is 30.3 Å². The fourth-order valence-corrected chi connectivity index (χ4v) is 4.61. The van der Waals surface area contributed by atoms with Gasteiger partial charge in [0.2, 0.25) is 15.9 Å². The van der Waals surface area contributed by atoms with Crippen LogP contribution in [0.25, 0.3) is 0 Å². The van der Waals surface area contributed by atoms with Crippen LogP contribution < -0.4 is 5.32 Å². The highest BCUT2D eigenvalue weighted by Crippen LogP contribution is 2.19. The molecular formula is C20H22N4O3S. The number of anilines is 1. The van der Waals surface area contributed by atoms with E-state index in [9.17, 15) is 13.2 Å². The number of benzene rings is 2. The van der Waals surface area contributed by atoms with Gasteiger partial charge < -0.3 is 5.32 Å². The maximum absolute atomic E-state index is 12.7. The third-order valence-corrected chi connectivity index (χ3v) is 6.80. The van der Waals surface area contributed by atoms with Crippen LogP contribution >= 0.6 is 0 Å². The first-order chi connectivity index (χ1) is 13.4. The van der Waals surface area contributed by atoms with Crippen LogP contribution in [-0.4, -0.2) is 55.8 Å². The van der Waals surface area contributed by atoms with E-state index in [1.807, 2.05) is 4.90 Å². The van der Waals surface area contributed by atoms with E-state index >= 15 is 0 Å².